The maximum Gasteiger partial charge on any atom is 0.253 e. The molecule has 1 aromatic rings. The second kappa shape index (κ2) is 5.05. The highest BCUT2D eigenvalue weighted by Gasteiger charge is 1.90. The van der Waals surface area contributed by atoms with Gasteiger partial charge in [-0.1, -0.05) is 30.3 Å². The molecule has 0 spiro atoms. The van der Waals surface area contributed by atoms with Crippen LogP contribution in [0.2, 0.25) is 0 Å². The van der Waals surface area contributed by atoms with Crippen LogP contribution in [0.5, 0.6) is 0 Å². The Morgan fingerprint density at radius 3 is 2.77 bits per heavy atom. The number of nitrogens with one attached hydrogen (secondary N) is 1. The van der Waals surface area contributed by atoms with Crippen LogP contribution >= 0.6 is 0 Å². The second-order valence-corrected chi connectivity index (χ2v) is 2.41. The lowest BCUT2D eigenvalue weighted by Crippen LogP contribution is -2.26. The van der Waals surface area contributed by atoms with Gasteiger partial charge in [-0.2, -0.15) is 5.10 Å². The second-order valence-electron chi connectivity index (χ2n) is 2.41. The SMILES string of the molecule is NCC(=O)NN=Cc1ccccc1. The van der Waals surface area contributed by atoms with Crippen molar-refractivity contribution in [2.75, 3.05) is 6.54 Å². The van der Waals surface area contributed by atoms with Gasteiger partial charge in [0.05, 0.1) is 12.8 Å². The summed E-state index contributed by atoms with van der Waals surface area (Å²) < 4.78 is 0. The molecule has 4 nitrogen and oxygen atoms in total. The van der Waals surface area contributed by atoms with E-state index in [1.807, 2.05) is 30.3 Å². The third-order valence-corrected chi connectivity index (χ3v) is 1.39. The molecule has 0 aliphatic heterocycles. The van der Waals surface area contributed by atoms with Crippen LogP contribution in [0.15, 0.2) is 35.4 Å². The number of hydrazone groups is 1. The summed E-state index contributed by atoms with van der Waals surface area (Å²) in [5, 5.41) is 3.71. The van der Waals surface area contributed by atoms with Crippen molar-refractivity contribution in [3.8, 4) is 0 Å². The summed E-state index contributed by atoms with van der Waals surface area (Å²) in [5.41, 5.74) is 8.28. The van der Waals surface area contributed by atoms with E-state index in [1.165, 1.54) is 0 Å². The summed E-state index contributed by atoms with van der Waals surface area (Å²) in [6.07, 6.45) is 1.56. The van der Waals surface area contributed by atoms with Crippen molar-refractivity contribution in [2.45, 2.75) is 0 Å². The summed E-state index contributed by atoms with van der Waals surface area (Å²) >= 11 is 0. The molecule has 0 aliphatic carbocycles. The molecule has 13 heavy (non-hydrogen) atoms. The summed E-state index contributed by atoms with van der Waals surface area (Å²) in [6.45, 7) is -0.0495. The number of hydrogen-bond donors (Lipinski definition) is 2. The molecule has 4 heteroatoms. The summed E-state index contributed by atoms with van der Waals surface area (Å²) in [4.78, 5) is 10.7. The predicted molar refractivity (Wildman–Crippen MR) is 51.2 cm³/mol. The Bertz CT molecular complexity index is 295. The summed E-state index contributed by atoms with van der Waals surface area (Å²) in [7, 11) is 0. The monoisotopic (exact) mass is 177 g/mol. The first kappa shape index (κ1) is 9.41. The number of nitrogens with two attached hydrogens (primary N) is 1. The summed E-state index contributed by atoms with van der Waals surface area (Å²) in [5.74, 6) is -0.299. The topological polar surface area (TPSA) is 67.5 Å². The fraction of sp³-hybridized carbons (Fsp3) is 0.111. The molecule has 1 amide bonds. The number of amides is 1. The van der Waals surface area contributed by atoms with Crippen molar-refractivity contribution in [1.82, 2.24) is 5.43 Å². The molecule has 1 rings (SSSR count). The number of nitrogens with zero attached hydrogens (tertiary/aromatic N) is 1. The van der Waals surface area contributed by atoms with Crippen LogP contribution < -0.4 is 11.2 Å². The Kier molecular flexibility index (Phi) is 3.66. The molecular formula is C9H11N3O. The van der Waals surface area contributed by atoms with Gasteiger partial charge in [0.2, 0.25) is 0 Å². The fourth-order valence-electron chi connectivity index (χ4n) is 0.764. The number of rotatable bonds is 3. The van der Waals surface area contributed by atoms with E-state index in [2.05, 4.69) is 10.5 Å². The van der Waals surface area contributed by atoms with Crippen molar-refractivity contribution < 1.29 is 4.79 Å². The van der Waals surface area contributed by atoms with E-state index in [4.69, 9.17) is 5.73 Å². The molecule has 0 fully saturated rings. The van der Waals surface area contributed by atoms with Crippen molar-refractivity contribution in [1.29, 1.82) is 0 Å². The fourth-order valence-corrected chi connectivity index (χ4v) is 0.764. The Morgan fingerprint density at radius 1 is 1.46 bits per heavy atom. The van der Waals surface area contributed by atoms with Crippen LogP contribution in [0.25, 0.3) is 0 Å². The average molecular weight is 177 g/mol. The Hall–Kier alpha value is -1.68. The molecule has 0 unspecified atom stereocenters. The van der Waals surface area contributed by atoms with Gasteiger partial charge in [0.15, 0.2) is 0 Å². The number of benzene rings is 1. The lowest BCUT2D eigenvalue weighted by molar-refractivity contribution is -0.119. The lowest BCUT2D eigenvalue weighted by Gasteiger charge is -1.94. The number of carbonyl (C=O) groups excluding carboxylic acids is 1. The van der Waals surface area contributed by atoms with E-state index in [-0.39, 0.29) is 12.5 Å². The van der Waals surface area contributed by atoms with Gasteiger partial charge < -0.3 is 5.73 Å². The standard InChI is InChI=1S/C9H11N3O/c10-6-9(13)12-11-7-8-4-2-1-3-5-8/h1-5,7H,6,10H2,(H,12,13). The third-order valence-electron chi connectivity index (χ3n) is 1.39. The van der Waals surface area contributed by atoms with E-state index in [0.717, 1.165) is 5.56 Å². The first-order valence-corrected chi connectivity index (χ1v) is 3.90. The van der Waals surface area contributed by atoms with Crippen LogP contribution in [0, 0.1) is 0 Å². The van der Waals surface area contributed by atoms with E-state index in [0.29, 0.717) is 0 Å². The van der Waals surface area contributed by atoms with Crippen LogP contribution in [-0.2, 0) is 4.79 Å². The Balaban J connectivity index is 2.45. The maximum absolute atomic E-state index is 10.7. The molecule has 0 saturated heterocycles. The Morgan fingerprint density at radius 2 is 2.15 bits per heavy atom. The van der Waals surface area contributed by atoms with Gasteiger partial charge in [0.1, 0.15) is 0 Å². The maximum atomic E-state index is 10.7. The average Bonchev–Trinajstić information content (AvgIpc) is 2.19. The van der Waals surface area contributed by atoms with Gasteiger partial charge in [0.25, 0.3) is 5.91 Å². The molecule has 0 heterocycles. The highest BCUT2D eigenvalue weighted by molar-refractivity contribution is 5.82. The quantitative estimate of drug-likeness (QED) is 0.507. The van der Waals surface area contributed by atoms with E-state index in [9.17, 15) is 4.79 Å². The molecule has 68 valence electrons. The zero-order valence-corrected chi connectivity index (χ0v) is 7.10. The van der Waals surface area contributed by atoms with Gasteiger partial charge in [-0.15, -0.1) is 0 Å². The van der Waals surface area contributed by atoms with Crippen molar-refractivity contribution in [3.05, 3.63) is 35.9 Å². The molecule has 0 radical (unpaired) electrons. The predicted octanol–water partition coefficient (Wildman–Crippen LogP) is 0.0954. The van der Waals surface area contributed by atoms with Crippen LogP contribution in [0.4, 0.5) is 0 Å². The number of carbonyl (C=O) groups is 1. The van der Waals surface area contributed by atoms with Crippen molar-refractivity contribution in [3.63, 3.8) is 0 Å². The van der Waals surface area contributed by atoms with Gasteiger partial charge in [0, 0.05) is 0 Å². The van der Waals surface area contributed by atoms with Gasteiger partial charge in [-0.3, -0.25) is 4.79 Å². The lowest BCUT2D eigenvalue weighted by atomic mass is 10.2. The minimum atomic E-state index is -0.299. The zero-order chi connectivity index (χ0) is 9.52. The van der Waals surface area contributed by atoms with E-state index >= 15 is 0 Å². The normalized spacial score (nSPS) is 10.2. The highest BCUT2D eigenvalue weighted by atomic mass is 16.2. The molecule has 3 N–H and O–H groups in total. The smallest absolute Gasteiger partial charge is 0.253 e. The van der Waals surface area contributed by atoms with Gasteiger partial charge >= 0.3 is 0 Å². The highest BCUT2D eigenvalue weighted by Crippen LogP contribution is 1.92. The molecule has 0 bridgehead atoms. The minimum Gasteiger partial charge on any atom is -0.322 e. The molecule has 0 atom stereocenters. The summed E-state index contributed by atoms with van der Waals surface area (Å²) in [6, 6.07) is 9.48. The largest absolute Gasteiger partial charge is 0.322 e. The number of hydrogen-bond acceptors (Lipinski definition) is 3. The van der Waals surface area contributed by atoms with Crippen LogP contribution in [0.3, 0.4) is 0 Å². The minimum absolute atomic E-state index is 0.0495. The third kappa shape index (κ3) is 3.48. The van der Waals surface area contributed by atoms with Gasteiger partial charge in [-0.25, -0.2) is 5.43 Å². The molecular weight excluding hydrogens is 166 g/mol. The van der Waals surface area contributed by atoms with Crippen LogP contribution in [-0.4, -0.2) is 18.7 Å². The Labute approximate surface area is 76.4 Å². The molecule has 0 saturated carbocycles. The van der Waals surface area contributed by atoms with Crippen molar-refractivity contribution in [2.24, 2.45) is 10.8 Å². The zero-order valence-electron chi connectivity index (χ0n) is 7.10. The van der Waals surface area contributed by atoms with Crippen LogP contribution in [0.1, 0.15) is 5.56 Å². The van der Waals surface area contributed by atoms with E-state index in [1.54, 1.807) is 6.21 Å². The van der Waals surface area contributed by atoms with Gasteiger partial charge in [-0.05, 0) is 5.56 Å². The van der Waals surface area contributed by atoms with Crippen molar-refractivity contribution >= 4 is 12.1 Å². The van der Waals surface area contributed by atoms with E-state index < -0.39 is 0 Å². The molecule has 0 aliphatic rings. The first-order chi connectivity index (χ1) is 6.33. The first-order valence-electron chi connectivity index (χ1n) is 3.90. The molecule has 0 aromatic heterocycles. The molecule has 1 aromatic carbocycles.